The zero-order valence-corrected chi connectivity index (χ0v) is 10.9. The number of hydrogen-bond acceptors (Lipinski definition) is 2. The van der Waals surface area contributed by atoms with E-state index in [1.807, 2.05) is 48.5 Å². The molecule has 0 unspecified atom stereocenters. The monoisotopic (exact) mass is 261 g/mol. The number of para-hydroxylation sites is 1. The summed E-state index contributed by atoms with van der Waals surface area (Å²) in [5, 5.41) is 0.738. The summed E-state index contributed by atoms with van der Waals surface area (Å²) in [6.07, 6.45) is 0.830. The van der Waals surface area contributed by atoms with Crippen LogP contribution in [0.3, 0.4) is 0 Å². The Morgan fingerprint density at radius 1 is 1.00 bits per heavy atom. The molecule has 0 heterocycles. The van der Waals surface area contributed by atoms with E-state index >= 15 is 0 Å². The molecule has 2 rings (SSSR count). The summed E-state index contributed by atoms with van der Waals surface area (Å²) in [7, 11) is 0. The number of halogens is 1. The molecule has 0 saturated heterocycles. The van der Waals surface area contributed by atoms with Gasteiger partial charge in [0.2, 0.25) is 0 Å². The van der Waals surface area contributed by atoms with Gasteiger partial charge in [0.05, 0.1) is 0 Å². The second-order valence-corrected chi connectivity index (χ2v) is 4.50. The fourth-order valence-electron chi connectivity index (χ4n) is 1.75. The number of rotatable bonds is 5. The molecule has 94 valence electrons. The third-order valence-electron chi connectivity index (χ3n) is 2.69. The van der Waals surface area contributed by atoms with Gasteiger partial charge in [0.15, 0.2) is 0 Å². The number of ether oxygens (including phenoxy) is 1. The summed E-state index contributed by atoms with van der Waals surface area (Å²) in [4.78, 5) is 0. The van der Waals surface area contributed by atoms with E-state index in [2.05, 4.69) is 0 Å². The lowest BCUT2D eigenvalue weighted by atomic mass is 10.1. The minimum absolute atomic E-state index is 0.540. The van der Waals surface area contributed by atoms with Crippen molar-refractivity contribution in [2.75, 3.05) is 6.54 Å². The maximum absolute atomic E-state index is 5.84. The van der Waals surface area contributed by atoms with Gasteiger partial charge >= 0.3 is 0 Å². The van der Waals surface area contributed by atoms with Crippen LogP contribution in [-0.2, 0) is 13.0 Å². The van der Waals surface area contributed by atoms with Crippen LogP contribution >= 0.6 is 11.6 Å². The summed E-state index contributed by atoms with van der Waals surface area (Å²) in [5.74, 6) is 0.901. The smallest absolute Gasteiger partial charge is 0.123 e. The molecule has 0 radical (unpaired) electrons. The van der Waals surface area contributed by atoms with Gasteiger partial charge in [0.1, 0.15) is 12.4 Å². The molecular formula is C15H16ClNO. The third-order valence-corrected chi connectivity index (χ3v) is 2.95. The van der Waals surface area contributed by atoms with Crippen molar-refractivity contribution in [1.29, 1.82) is 0 Å². The summed E-state index contributed by atoms with van der Waals surface area (Å²) in [6, 6.07) is 15.7. The van der Waals surface area contributed by atoms with Gasteiger partial charge in [0.25, 0.3) is 0 Å². The van der Waals surface area contributed by atoms with Crippen LogP contribution in [0.2, 0.25) is 5.02 Å². The highest BCUT2D eigenvalue weighted by Gasteiger charge is 2.02. The van der Waals surface area contributed by atoms with Crippen molar-refractivity contribution in [3.8, 4) is 5.75 Å². The fraction of sp³-hybridized carbons (Fsp3) is 0.200. The van der Waals surface area contributed by atoms with Crippen molar-refractivity contribution >= 4 is 11.6 Å². The van der Waals surface area contributed by atoms with E-state index in [1.54, 1.807) is 0 Å². The Morgan fingerprint density at radius 3 is 2.44 bits per heavy atom. The molecular weight excluding hydrogens is 246 g/mol. The van der Waals surface area contributed by atoms with E-state index in [9.17, 15) is 0 Å². The first-order valence-electron chi connectivity index (χ1n) is 5.95. The van der Waals surface area contributed by atoms with E-state index in [4.69, 9.17) is 22.1 Å². The SMILES string of the molecule is NCCc1ccccc1OCc1ccc(Cl)cc1. The van der Waals surface area contributed by atoms with E-state index < -0.39 is 0 Å². The van der Waals surface area contributed by atoms with Gasteiger partial charge in [-0.15, -0.1) is 0 Å². The lowest BCUT2D eigenvalue weighted by molar-refractivity contribution is 0.303. The Balaban J connectivity index is 2.03. The lowest BCUT2D eigenvalue weighted by Crippen LogP contribution is -2.05. The molecule has 0 aromatic heterocycles. The molecule has 2 aromatic rings. The Kier molecular flexibility index (Phi) is 4.62. The van der Waals surface area contributed by atoms with Crippen molar-refractivity contribution in [3.63, 3.8) is 0 Å². The highest BCUT2D eigenvalue weighted by atomic mass is 35.5. The Labute approximate surface area is 112 Å². The maximum Gasteiger partial charge on any atom is 0.123 e. The zero-order valence-electron chi connectivity index (χ0n) is 10.1. The van der Waals surface area contributed by atoms with Gasteiger partial charge in [-0.25, -0.2) is 0 Å². The van der Waals surface area contributed by atoms with E-state index in [0.29, 0.717) is 13.2 Å². The molecule has 0 aliphatic rings. The predicted octanol–water partition coefficient (Wildman–Crippen LogP) is 3.42. The quantitative estimate of drug-likeness (QED) is 0.895. The van der Waals surface area contributed by atoms with E-state index in [0.717, 1.165) is 28.3 Å². The van der Waals surface area contributed by atoms with Gasteiger partial charge in [-0.2, -0.15) is 0 Å². The van der Waals surface area contributed by atoms with Crippen molar-refractivity contribution in [3.05, 3.63) is 64.7 Å². The van der Waals surface area contributed by atoms with Crippen LogP contribution in [0, 0.1) is 0 Å². The second-order valence-electron chi connectivity index (χ2n) is 4.06. The molecule has 3 heteroatoms. The highest BCUT2D eigenvalue weighted by molar-refractivity contribution is 6.30. The number of hydrogen-bond donors (Lipinski definition) is 1. The molecule has 0 amide bonds. The normalized spacial score (nSPS) is 10.3. The summed E-state index contributed by atoms with van der Waals surface area (Å²) in [5.41, 5.74) is 7.83. The van der Waals surface area contributed by atoms with Crippen molar-refractivity contribution in [1.82, 2.24) is 0 Å². The van der Waals surface area contributed by atoms with Crippen LogP contribution in [0.5, 0.6) is 5.75 Å². The molecule has 2 nitrogen and oxygen atoms in total. The predicted molar refractivity (Wildman–Crippen MR) is 75.0 cm³/mol. The Morgan fingerprint density at radius 2 is 1.72 bits per heavy atom. The largest absolute Gasteiger partial charge is 0.489 e. The number of nitrogens with two attached hydrogens (primary N) is 1. The maximum atomic E-state index is 5.84. The van der Waals surface area contributed by atoms with Gasteiger partial charge in [0, 0.05) is 5.02 Å². The average Bonchev–Trinajstić information content (AvgIpc) is 2.40. The lowest BCUT2D eigenvalue weighted by Gasteiger charge is -2.10. The molecule has 18 heavy (non-hydrogen) atoms. The molecule has 0 aliphatic carbocycles. The van der Waals surface area contributed by atoms with Gasteiger partial charge in [-0.1, -0.05) is 41.9 Å². The van der Waals surface area contributed by atoms with Crippen LogP contribution in [0.4, 0.5) is 0 Å². The molecule has 0 saturated carbocycles. The van der Waals surface area contributed by atoms with Gasteiger partial charge in [-0.3, -0.25) is 0 Å². The molecule has 0 spiro atoms. The van der Waals surface area contributed by atoms with Crippen LogP contribution < -0.4 is 10.5 Å². The topological polar surface area (TPSA) is 35.2 Å². The standard InChI is InChI=1S/C15H16ClNO/c16-14-7-5-12(6-8-14)11-18-15-4-2-1-3-13(15)9-10-17/h1-8H,9-11,17H2. The van der Waals surface area contributed by atoms with Crippen molar-refractivity contribution < 1.29 is 4.74 Å². The first-order chi connectivity index (χ1) is 8.79. The number of benzene rings is 2. The van der Waals surface area contributed by atoms with E-state index in [1.165, 1.54) is 0 Å². The van der Waals surface area contributed by atoms with Crippen molar-refractivity contribution in [2.45, 2.75) is 13.0 Å². The Hall–Kier alpha value is -1.51. The zero-order chi connectivity index (χ0) is 12.8. The first kappa shape index (κ1) is 12.9. The van der Waals surface area contributed by atoms with Crippen LogP contribution in [0.25, 0.3) is 0 Å². The molecule has 2 N–H and O–H groups in total. The Bertz CT molecular complexity index is 496. The second kappa shape index (κ2) is 6.43. The summed E-state index contributed by atoms with van der Waals surface area (Å²) in [6.45, 7) is 1.17. The van der Waals surface area contributed by atoms with Crippen LogP contribution in [0.15, 0.2) is 48.5 Å². The third kappa shape index (κ3) is 3.49. The molecule has 0 atom stereocenters. The molecule has 0 aliphatic heterocycles. The van der Waals surface area contributed by atoms with Crippen molar-refractivity contribution in [2.24, 2.45) is 5.73 Å². The fourth-order valence-corrected chi connectivity index (χ4v) is 1.87. The molecule has 0 fully saturated rings. The summed E-state index contributed by atoms with van der Waals surface area (Å²) < 4.78 is 5.82. The minimum atomic E-state index is 0.540. The van der Waals surface area contributed by atoms with Crippen LogP contribution in [-0.4, -0.2) is 6.54 Å². The van der Waals surface area contributed by atoms with Crippen LogP contribution in [0.1, 0.15) is 11.1 Å². The average molecular weight is 262 g/mol. The summed E-state index contributed by atoms with van der Waals surface area (Å²) >= 11 is 5.84. The van der Waals surface area contributed by atoms with Gasteiger partial charge in [-0.05, 0) is 42.3 Å². The first-order valence-corrected chi connectivity index (χ1v) is 6.32. The molecule has 2 aromatic carbocycles. The van der Waals surface area contributed by atoms with Gasteiger partial charge < -0.3 is 10.5 Å². The highest BCUT2D eigenvalue weighted by Crippen LogP contribution is 2.20. The molecule has 0 bridgehead atoms. The minimum Gasteiger partial charge on any atom is -0.489 e. The van der Waals surface area contributed by atoms with E-state index in [-0.39, 0.29) is 0 Å².